The molecule has 1 amide bonds. The number of fused-ring (bicyclic) bond motifs is 2. The van der Waals surface area contributed by atoms with Crippen molar-refractivity contribution >= 4 is 50.2 Å². The number of nitrogens with one attached hydrogen (secondary N) is 1. The Bertz CT molecular complexity index is 1200. The Morgan fingerprint density at radius 3 is 2.84 bits per heavy atom. The summed E-state index contributed by atoms with van der Waals surface area (Å²) in [5.41, 5.74) is 0.982. The number of anilines is 2. The van der Waals surface area contributed by atoms with Gasteiger partial charge in [0.05, 0.1) is 5.75 Å². The van der Waals surface area contributed by atoms with Gasteiger partial charge in [0.2, 0.25) is 12.7 Å². The van der Waals surface area contributed by atoms with Gasteiger partial charge in [0, 0.05) is 31.4 Å². The van der Waals surface area contributed by atoms with Crippen molar-refractivity contribution in [2.24, 2.45) is 0 Å². The first-order valence-corrected chi connectivity index (χ1v) is 11.9. The van der Waals surface area contributed by atoms with Crippen molar-refractivity contribution in [3.8, 4) is 11.5 Å². The number of rotatable bonds is 6. The lowest BCUT2D eigenvalue weighted by atomic mass is 10.3. The second-order valence-electron chi connectivity index (χ2n) is 7.19. The van der Waals surface area contributed by atoms with Gasteiger partial charge in [-0.1, -0.05) is 23.1 Å². The third-order valence-corrected chi connectivity index (χ3v) is 7.22. The van der Waals surface area contributed by atoms with E-state index in [0.717, 1.165) is 31.1 Å². The highest BCUT2D eigenvalue weighted by atomic mass is 32.2. The molecule has 0 bridgehead atoms. The number of carbonyl (C=O) groups excluding carboxylic acids is 1. The minimum Gasteiger partial charge on any atom is -0.454 e. The number of nitrogens with zero attached hydrogens (tertiary/aromatic N) is 4. The molecule has 2 aliphatic rings. The lowest BCUT2D eigenvalue weighted by molar-refractivity contribution is -0.113. The van der Waals surface area contributed by atoms with E-state index in [1.54, 1.807) is 22.8 Å². The van der Waals surface area contributed by atoms with Crippen LogP contribution in [0.15, 0.2) is 28.2 Å². The molecule has 0 aliphatic carbocycles. The predicted octanol–water partition coefficient (Wildman–Crippen LogP) is 2.93. The first kappa shape index (κ1) is 20.1. The summed E-state index contributed by atoms with van der Waals surface area (Å²) in [5, 5.41) is 4.19. The molecule has 31 heavy (non-hydrogen) atoms. The number of hydrogen-bond acceptors (Lipinski definition) is 9. The van der Waals surface area contributed by atoms with E-state index in [9.17, 15) is 9.59 Å². The molecule has 0 saturated carbocycles. The normalized spacial score (nSPS) is 15.1. The van der Waals surface area contributed by atoms with Crippen LogP contribution in [0.5, 0.6) is 11.5 Å². The summed E-state index contributed by atoms with van der Waals surface area (Å²) in [6.07, 6.45) is 2.28. The number of hydrogen-bond donors (Lipinski definition) is 1. The third-order valence-electron chi connectivity index (χ3n) is 5.15. The van der Waals surface area contributed by atoms with E-state index < -0.39 is 0 Å². The van der Waals surface area contributed by atoms with Crippen LogP contribution in [0.4, 0.5) is 10.8 Å². The quantitative estimate of drug-likeness (QED) is 0.444. The predicted molar refractivity (Wildman–Crippen MR) is 121 cm³/mol. The lowest BCUT2D eigenvalue weighted by Gasteiger charge is -2.11. The summed E-state index contributed by atoms with van der Waals surface area (Å²) >= 11 is 2.63. The van der Waals surface area contributed by atoms with Crippen LogP contribution in [0.2, 0.25) is 0 Å². The number of aromatic nitrogens is 3. The van der Waals surface area contributed by atoms with Gasteiger partial charge in [0.25, 0.3) is 5.56 Å². The van der Waals surface area contributed by atoms with E-state index >= 15 is 0 Å². The van der Waals surface area contributed by atoms with E-state index in [2.05, 4.69) is 20.2 Å². The highest BCUT2D eigenvalue weighted by Crippen LogP contribution is 2.34. The Balaban J connectivity index is 1.33. The molecule has 2 aromatic heterocycles. The second kappa shape index (κ2) is 8.39. The van der Waals surface area contributed by atoms with Gasteiger partial charge in [-0.25, -0.2) is 4.98 Å². The van der Waals surface area contributed by atoms with Crippen LogP contribution in [0.25, 0.3) is 10.3 Å². The van der Waals surface area contributed by atoms with E-state index in [1.807, 2.05) is 6.92 Å². The molecule has 1 aromatic carbocycles. The van der Waals surface area contributed by atoms with E-state index in [0.29, 0.717) is 39.2 Å². The average molecular weight is 460 g/mol. The highest BCUT2D eigenvalue weighted by molar-refractivity contribution is 7.99. The van der Waals surface area contributed by atoms with Gasteiger partial charge in [-0.2, -0.15) is 4.98 Å². The highest BCUT2D eigenvalue weighted by Gasteiger charge is 2.21. The zero-order chi connectivity index (χ0) is 21.4. The molecule has 1 saturated heterocycles. The van der Waals surface area contributed by atoms with Gasteiger partial charge >= 0.3 is 0 Å². The Kier molecular flexibility index (Phi) is 5.45. The summed E-state index contributed by atoms with van der Waals surface area (Å²) in [5.74, 6) is 1.19. The van der Waals surface area contributed by atoms with Crippen molar-refractivity contribution in [3.63, 3.8) is 0 Å². The van der Waals surface area contributed by atoms with Gasteiger partial charge in [0.15, 0.2) is 27.4 Å². The van der Waals surface area contributed by atoms with E-state index in [4.69, 9.17) is 9.47 Å². The molecule has 0 radical (unpaired) electrons. The summed E-state index contributed by atoms with van der Waals surface area (Å²) in [7, 11) is 0. The summed E-state index contributed by atoms with van der Waals surface area (Å²) in [6.45, 7) is 4.48. The molecule has 0 unspecified atom stereocenters. The number of amides is 1. The smallest absolute Gasteiger partial charge is 0.273 e. The maximum Gasteiger partial charge on any atom is 0.273 e. The molecule has 1 N–H and O–H groups in total. The minimum absolute atomic E-state index is 0.103. The fourth-order valence-electron chi connectivity index (χ4n) is 3.61. The molecule has 3 aromatic rings. The molecular weight excluding hydrogens is 438 g/mol. The van der Waals surface area contributed by atoms with Gasteiger partial charge in [-0.15, -0.1) is 0 Å². The summed E-state index contributed by atoms with van der Waals surface area (Å²) < 4.78 is 12.8. The monoisotopic (exact) mass is 459 g/mol. The van der Waals surface area contributed by atoms with Crippen LogP contribution in [0, 0.1) is 0 Å². The largest absolute Gasteiger partial charge is 0.454 e. The summed E-state index contributed by atoms with van der Waals surface area (Å²) in [4.78, 5) is 36.9. The van der Waals surface area contributed by atoms with Crippen molar-refractivity contribution in [2.45, 2.75) is 31.5 Å². The summed E-state index contributed by atoms with van der Waals surface area (Å²) in [6, 6.07) is 5.25. The zero-order valence-corrected chi connectivity index (χ0v) is 18.6. The Hall–Kier alpha value is -2.79. The standard InChI is InChI=1S/C20H21N5O4S2/c1-2-25-18(27)16-17(22-19(31-16)24-7-3-4-8-24)23-20(25)30-10-15(26)21-12-5-6-13-14(9-12)29-11-28-13/h5-6,9H,2-4,7-8,10-11H2,1H3,(H,21,26). The molecule has 0 atom stereocenters. The zero-order valence-electron chi connectivity index (χ0n) is 16.9. The van der Waals surface area contributed by atoms with Crippen molar-refractivity contribution < 1.29 is 14.3 Å². The van der Waals surface area contributed by atoms with Gasteiger partial charge in [-0.05, 0) is 31.9 Å². The minimum atomic E-state index is -0.197. The molecular formula is C20H21N5O4S2. The van der Waals surface area contributed by atoms with Crippen LogP contribution < -0.4 is 25.2 Å². The van der Waals surface area contributed by atoms with Crippen LogP contribution in [0.3, 0.4) is 0 Å². The van der Waals surface area contributed by atoms with Crippen LogP contribution >= 0.6 is 23.1 Å². The maximum atomic E-state index is 13.0. The van der Waals surface area contributed by atoms with Crippen LogP contribution in [0.1, 0.15) is 19.8 Å². The molecule has 1 fully saturated rings. The van der Waals surface area contributed by atoms with Crippen LogP contribution in [-0.4, -0.2) is 46.1 Å². The van der Waals surface area contributed by atoms with Crippen molar-refractivity contribution in [3.05, 3.63) is 28.6 Å². The molecule has 0 spiro atoms. The van der Waals surface area contributed by atoms with Gasteiger partial charge in [-0.3, -0.25) is 14.2 Å². The first-order valence-electron chi connectivity index (χ1n) is 10.1. The number of benzene rings is 1. The topological polar surface area (TPSA) is 98.6 Å². The molecule has 11 heteroatoms. The molecule has 162 valence electrons. The fraction of sp³-hybridized carbons (Fsp3) is 0.400. The maximum absolute atomic E-state index is 13.0. The van der Waals surface area contributed by atoms with Gasteiger partial charge < -0.3 is 19.7 Å². The average Bonchev–Trinajstić information content (AvgIpc) is 3.51. The molecule has 2 aliphatic heterocycles. The lowest BCUT2D eigenvalue weighted by Crippen LogP contribution is -2.23. The first-order chi connectivity index (χ1) is 15.1. The number of thioether (sulfide) groups is 1. The van der Waals surface area contributed by atoms with Crippen molar-refractivity contribution in [1.82, 2.24) is 14.5 Å². The number of thiazole rings is 1. The Morgan fingerprint density at radius 1 is 1.23 bits per heavy atom. The van der Waals surface area contributed by atoms with E-state index in [-0.39, 0.29) is 24.0 Å². The van der Waals surface area contributed by atoms with E-state index in [1.165, 1.54) is 23.1 Å². The van der Waals surface area contributed by atoms with Crippen molar-refractivity contribution in [1.29, 1.82) is 0 Å². The third kappa shape index (κ3) is 3.94. The fourth-order valence-corrected chi connectivity index (χ4v) is 5.47. The number of ether oxygens (including phenoxy) is 2. The Labute approximate surface area is 186 Å². The van der Waals surface area contributed by atoms with Gasteiger partial charge in [0.1, 0.15) is 4.70 Å². The molecule has 4 heterocycles. The SMILES string of the molecule is CCn1c(SCC(=O)Nc2ccc3c(c2)OCO3)nc2nc(N3CCCC3)sc2c1=O. The Morgan fingerprint density at radius 2 is 2.03 bits per heavy atom. The molecule has 9 nitrogen and oxygen atoms in total. The number of carbonyl (C=O) groups is 1. The van der Waals surface area contributed by atoms with Crippen molar-refractivity contribution in [2.75, 3.05) is 35.9 Å². The van der Waals surface area contributed by atoms with Crippen LogP contribution in [-0.2, 0) is 11.3 Å². The molecule has 5 rings (SSSR count). The second-order valence-corrected chi connectivity index (χ2v) is 9.11.